The lowest BCUT2D eigenvalue weighted by molar-refractivity contribution is 0.831. The molecule has 2 N–H and O–H groups in total. The third kappa shape index (κ3) is 1.70. The highest BCUT2D eigenvalue weighted by Crippen LogP contribution is 2.16. The Balaban J connectivity index is 2.54. The Kier molecular flexibility index (Phi) is 2.19. The van der Waals surface area contributed by atoms with E-state index in [0.717, 1.165) is 28.6 Å². The summed E-state index contributed by atoms with van der Waals surface area (Å²) in [4.78, 5) is 4.25. The Morgan fingerprint density at radius 3 is 2.47 bits per heavy atom. The minimum atomic E-state index is 0.770. The minimum Gasteiger partial charge on any atom is -0.398 e. The third-order valence-corrected chi connectivity index (χ3v) is 2.38. The third-order valence-electron chi connectivity index (χ3n) is 2.38. The second kappa shape index (κ2) is 3.38. The van der Waals surface area contributed by atoms with Crippen LogP contribution in [0.1, 0.15) is 17.2 Å². The molecule has 0 saturated carbocycles. The van der Waals surface area contributed by atoms with Crippen LogP contribution in [0.4, 0.5) is 5.69 Å². The molecule has 4 heteroatoms. The SMILES string of the molecule is Cc1nc(C)n(-c2ccc(C)c(N)c2)n1. The highest BCUT2D eigenvalue weighted by atomic mass is 15.3. The van der Waals surface area contributed by atoms with Crippen LogP contribution < -0.4 is 5.73 Å². The van der Waals surface area contributed by atoms with Gasteiger partial charge in [0.15, 0.2) is 0 Å². The fourth-order valence-corrected chi connectivity index (χ4v) is 1.53. The smallest absolute Gasteiger partial charge is 0.148 e. The first-order valence-electron chi connectivity index (χ1n) is 4.84. The van der Waals surface area contributed by atoms with Crippen LogP contribution in [0.3, 0.4) is 0 Å². The van der Waals surface area contributed by atoms with E-state index in [4.69, 9.17) is 5.73 Å². The van der Waals surface area contributed by atoms with Gasteiger partial charge in [-0.25, -0.2) is 9.67 Å². The molecule has 0 fully saturated rings. The van der Waals surface area contributed by atoms with Gasteiger partial charge in [-0.3, -0.25) is 0 Å². The molecule has 2 aromatic rings. The zero-order valence-corrected chi connectivity index (χ0v) is 9.15. The number of hydrogen-bond acceptors (Lipinski definition) is 3. The van der Waals surface area contributed by atoms with Crippen LogP contribution in [0.5, 0.6) is 0 Å². The van der Waals surface area contributed by atoms with E-state index < -0.39 is 0 Å². The van der Waals surface area contributed by atoms with Gasteiger partial charge in [-0.15, -0.1) is 0 Å². The predicted molar refractivity (Wildman–Crippen MR) is 60.0 cm³/mol. The van der Waals surface area contributed by atoms with E-state index in [1.54, 1.807) is 4.68 Å². The number of hydrogen-bond donors (Lipinski definition) is 1. The quantitative estimate of drug-likeness (QED) is 0.717. The molecule has 2 rings (SSSR count). The van der Waals surface area contributed by atoms with Crippen LogP contribution in [-0.2, 0) is 0 Å². The van der Waals surface area contributed by atoms with Gasteiger partial charge in [-0.05, 0) is 38.5 Å². The van der Waals surface area contributed by atoms with Crippen molar-refractivity contribution in [3.63, 3.8) is 0 Å². The Hall–Kier alpha value is -1.84. The number of nitrogens with two attached hydrogens (primary N) is 1. The van der Waals surface area contributed by atoms with Crippen molar-refractivity contribution in [1.82, 2.24) is 14.8 Å². The van der Waals surface area contributed by atoms with Crippen LogP contribution in [0.15, 0.2) is 18.2 Å². The van der Waals surface area contributed by atoms with E-state index in [1.807, 2.05) is 39.0 Å². The van der Waals surface area contributed by atoms with Gasteiger partial charge in [-0.2, -0.15) is 5.10 Å². The monoisotopic (exact) mass is 202 g/mol. The number of nitrogen functional groups attached to an aromatic ring is 1. The molecule has 0 aliphatic heterocycles. The van der Waals surface area contributed by atoms with E-state index in [-0.39, 0.29) is 0 Å². The first-order valence-corrected chi connectivity index (χ1v) is 4.84. The summed E-state index contributed by atoms with van der Waals surface area (Å²) in [6.45, 7) is 5.79. The first kappa shape index (κ1) is 9.71. The minimum absolute atomic E-state index is 0.770. The van der Waals surface area contributed by atoms with Gasteiger partial charge in [0, 0.05) is 5.69 Å². The molecule has 0 atom stereocenters. The molecule has 0 amide bonds. The maximum atomic E-state index is 5.85. The molecule has 0 bridgehead atoms. The maximum absolute atomic E-state index is 5.85. The fourth-order valence-electron chi connectivity index (χ4n) is 1.53. The number of aryl methyl sites for hydroxylation is 3. The molecule has 78 valence electrons. The molecule has 0 aliphatic rings. The summed E-state index contributed by atoms with van der Waals surface area (Å²) in [5.41, 5.74) is 8.66. The molecule has 0 saturated heterocycles. The van der Waals surface area contributed by atoms with Crippen LogP contribution in [0, 0.1) is 20.8 Å². The van der Waals surface area contributed by atoms with Crippen LogP contribution in [0.2, 0.25) is 0 Å². The van der Waals surface area contributed by atoms with Crippen molar-refractivity contribution in [1.29, 1.82) is 0 Å². The lowest BCUT2D eigenvalue weighted by atomic mass is 10.2. The average Bonchev–Trinajstić information content (AvgIpc) is 2.50. The van der Waals surface area contributed by atoms with E-state index in [2.05, 4.69) is 10.1 Å². The Morgan fingerprint density at radius 2 is 1.93 bits per heavy atom. The molecule has 1 aromatic heterocycles. The summed E-state index contributed by atoms with van der Waals surface area (Å²) in [6, 6.07) is 5.89. The highest BCUT2D eigenvalue weighted by molar-refractivity contribution is 5.53. The van der Waals surface area contributed by atoms with Crippen LogP contribution >= 0.6 is 0 Å². The van der Waals surface area contributed by atoms with E-state index >= 15 is 0 Å². The van der Waals surface area contributed by atoms with Crippen molar-refractivity contribution in [3.8, 4) is 5.69 Å². The number of aromatic nitrogens is 3. The molecule has 1 heterocycles. The number of nitrogens with zero attached hydrogens (tertiary/aromatic N) is 3. The van der Waals surface area contributed by atoms with Crippen molar-refractivity contribution in [2.45, 2.75) is 20.8 Å². The lowest BCUT2D eigenvalue weighted by Crippen LogP contribution is -2.01. The Labute approximate surface area is 88.8 Å². The van der Waals surface area contributed by atoms with Crippen LogP contribution in [0.25, 0.3) is 5.69 Å². The molecule has 4 nitrogen and oxygen atoms in total. The summed E-state index contributed by atoms with van der Waals surface area (Å²) in [5.74, 6) is 1.64. The standard InChI is InChI=1S/C11H14N4/c1-7-4-5-10(6-11(7)12)15-9(3)13-8(2)14-15/h4-6H,12H2,1-3H3. The van der Waals surface area contributed by atoms with Gasteiger partial charge in [-0.1, -0.05) is 6.07 Å². The largest absolute Gasteiger partial charge is 0.398 e. The van der Waals surface area contributed by atoms with Gasteiger partial charge < -0.3 is 5.73 Å². The second-order valence-electron chi connectivity index (χ2n) is 3.66. The zero-order chi connectivity index (χ0) is 11.0. The molecule has 1 aromatic carbocycles. The lowest BCUT2D eigenvalue weighted by Gasteiger charge is -2.05. The topological polar surface area (TPSA) is 56.7 Å². The van der Waals surface area contributed by atoms with Crippen molar-refractivity contribution in [2.24, 2.45) is 0 Å². The maximum Gasteiger partial charge on any atom is 0.148 e. The van der Waals surface area contributed by atoms with Gasteiger partial charge in [0.25, 0.3) is 0 Å². The number of anilines is 1. The van der Waals surface area contributed by atoms with Crippen molar-refractivity contribution in [3.05, 3.63) is 35.4 Å². The predicted octanol–water partition coefficient (Wildman–Crippen LogP) is 1.77. The Bertz CT molecular complexity index is 499. The number of benzene rings is 1. The van der Waals surface area contributed by atoms with E-state index in [0.29, 0.717) is 0 Å². The second-order valence-corrected chi connectivity index (χ2v) is 3.66. The molecular weight excluding hydrogens is 188 g/mol. The summed E-state index contributed by atoms with van der Waals surface area (Å²) < 4.78 is 1.80. The van der Waals surface area contributed by atoms with Crippen molar-refractivity contribution in [2.75, 3.05) is 5.73 Å². The van der Waals surface area contributed by atoms with Crippen molar-refractivity contribution < 1.29 is 0 Å². The fraction of sp³-hybridized carbons (Fsp3) is 0.273. The highest BCUT2D eigenvalue weighted by Gasteiger charge is 2.05. The zero-order valence-electron chi connectivity index (χ0n) is 9.15. The van der Waals surface area contributed by atoms with Crippen molar-refractivity contribution >= 4 is 5.69 Å². The summed E-state index contributed by atoms with van der Waals surface area (Å²) >= 11 is 0. The Morgan fingerprint density at radius 1 is 1.20 bits per heavy atom. The van der Waals surface area contributed by atoms with Gasteiger partial charge >= 0.3 is 0 Å². The van der Waals surface area contributed by atoms with Crippen LogP contribution in [-0.4, -0.2) is 14.8 Å². The average molecular weight is 202 g/mol. The van der Waals surface area contributed by atoms with E-state index in [1.165, 1.54) is 0 Å². The summed E-state index contributed by atoms with van der Waals surface area (Å²) in [7, 11) is 0. The van der Waals surface area contributed by atoms with Gasteiger partial charge in [0.2, 0.25) is 0 Å². The van der Waals surface area contributed by atoms with Gasteiger partial charge in [0.05, 0.1) is 5.69 Å². The van der Waals surface area contributed by atoms with E-state index in [9.17, 15) is 0 Å². The normalized spacial score (nSPS) is 10.6. The summed E-state index contributed by atoms with van der Waals surface area (Å²) in [6.07, 6.45) is 0. The molecule has 0 unspecified atom stereocenters. The number of rotatable bonds is 1. The molecule has 15 heavy (non-hydrogen) atoms. The molecule has 0 radical (unpaired) electrons. The molecule has 0 aliphatic carbocycles. The first-order chi connectivity index (χ1) is 7.08. The molecular formula is C11H14N4. The summed E-state index contributed by atoms with van der Waals surface area (Å²) in [5, 5.41) is 4.30. The molecule has 0 spiro atoms. The van der Waals surface area contributed by atoms with Gasteiger partial charge in [0.1, 0.15) is 11.6 Å².